The van der Waals surface area contributed by atoms with Crippen LogP contribution in [0.3, 0.4) is 0 Å². The zero-order valence-electron chi connectivity index (χ0n) is 21.1. The number of nitrogens with two attached hydrogens (primary N) is 2. The van der Waals surface area contributed by atoms with Gasteiger partial charge in [0.15, 0.2) is 0 Å². The highest BCUT2D eigenvalue weighted by Crippen LogP contribution is 2.31. The molecule has 40 heavy (non-hydrogen) atoms. The highest BCUT2D eigenvalue weighted by atomic mass is 19.4. The quantitative estimate of drug-likeness (QED) is 0.320. The average molecular weight is 546 g/mol. The van der Waals surface area contributed by atoms with Crippen LogP contribution in [0.4, 0.5) is 24.9 Å². The number of halogens is 3. The van der Waals surface area contributed by atoms with Crippen LogP contribution in [-0.2, 0) is 6.42 Å². The van der Waals surface area contributed by atoms with Crippen LogP contribution in [0.2, 0.25) is 0 Å². The molecule has 4 N–H and O–H groups in total. The third-order valence-corrected chi connectivity index (χ3v) is 5.71. The molecule has 0 radical (unpaired) electrons. The molecule has 3 aromatic heterocycles. The third-order valence-electron chi connectivity index (χ3n) is 5.71. The standard InChI is InChI=1S/C23H17F3N2O2.C5H5N5/c1-2-17-11-15-7-6-10-20(16-12-19(14-27-13-16)30-23(24,25)26)21(15)22(29)28(17)18-8-4-3-5-9-18;6-1-3-2-9-5(8)10-4(3)7/h3-14H,2H2,1H3;2H,(H4,7,8,9,10). The second-order valence-electron chi connectivity index (χ2n) is 8.33. The van der Waals surface area contributed by atoms with E-state index in [4.69, 9.17) is 16.7 Å². The van der Waals surface area contributed by atoms with Gasteiger partial charge in [-0.05, 0) is 41.6 Å². The molecule has 9 nitrogen and oxygen atoms in total. The SMILES string of the molecule is CCc1cc2cccc(-c3cncc(OC(F)(F)F)c3)c2c(=O)n1-c1ccccc1.N#Cc1cnc(N)nc1N. The van der Waals surface area contributed by atoms with Gasteiger partial charge in [-0.2, -0.15) is 10.2 Å². The summed E-state index contributed by atoms with van der Waals surface area (Å²) in [5.74, 6) is -0.239. The number of nitrogens with zero attached hydrogens (tertiary/aromatic N) is 5. The molecule has 3 heterocycles. The van der Waals surface area contributed by atoms with E-state index < -0.39 is 12.1 Å². The predicted octanol–water partition coefficient (Wildman–Crippen LogP) is 5.03. The number of aromatic nitrogens is 4. The normalized spacial score (nSPS) is 10.9. The van der Waals surface area contributed by atoms with Crippen LogP contribution in [0.5, 0.6) is 5.75 Å². The number of rotatable bonds is 4. The van der Waals surface area contributed by atoms with Crippen LogP contribution in [0, 0.1) is 11.3 Å². The minimum Gasteiger partial charge on any atom is -0.404 e. The van der Waals surface area contributed by atoms with Gasteiger partial charge < -0.3 is 16.2 Å². The maximum absolute atomic E-state index is 13.5. The number of hydrogen-bond acceptors (Lipinski definition) is 8. The molecule has 0 aliphatic carbocycles. The van der Waals surface area contributed by atoms with Crippen LogP contribution < -0.4 is 21.8 Å². The maximum Gasteiger partial charge on any atom is 0.573 e. The zero-order chi connectivity index (χ0) is 28.9. The van der Waals surface area contributed by atoms with E-state index in [2.05, 4.69) is 19.7 Å². The summed E-state index contributed by atoms with van der Waals surface area (Å²) in [4.78, 5) is 24.6. The van der Waals surface area contributed by atoms with Crippen molar-refractivity contribution in [1.82, 2.24) is 19.5 Å². The molecule has 0 spiro atoms. The van der Waals surface area contributed by atoms with E-state index in [-0.39, 0.29) is 22.9 Å². The molecule has 2 aromatic carbocycles. The van der Waals surface area contributed by atoms with E-state index in [0.29, 0.717) is 28.3 Å². The first kappa shape index (κ1) is 27.6. The Balaban J connectivity index is 0.000000312. The number of nitrogen functional groups attached to an aromatic ring is 2. The van der Waals surface area contributed by atoms with E-state index in [1.54, 1.807) is 16.7 Å². The summed E-state index contributed by atoms with van der Waals surface area (Å²) >= 11 is 0. The Morgan fingerprint density at radius 2 is 1.77 bits per heavy atom. The van der Waals surface area contributed by atoms with Crippen molar-refractivity contribution in [3.8, 4) is 28.6 Å². The fourth-order valence-electron chi connectivity index (χ4n) is 4.03. The topological polar surface area (TPSA) is 146 Å². The molecule has 0 aliphatic rings. The van der Waals surface area contributed by atoms with Gasteiger partial charge in [0.2, 0.25) is 5.95 Å². The number of fused-ring (bicyclic) bond motifs is 1. The van der Waals surface area contributed by atoms with Gasteiger partial charge in [0, 0.05) is 23.1 Å². The Morgan fingerprint density at radius 3 is 2.42 bits per heavy atom. The molecule has 0 amide bonds. The van der Waals surface area contributed by atoms with E-state index in [1.165, 1.54) is 18.5 Å². The van der Waals surface area contributed by atoms with Gasteiger partial charge in [-0.3, -0.25) is 14.3 Å². The van der Waals surface area contributed by atoms with Gasteiger partial charge in [-0.15, -0.1) is 13.2 Å². The lowest BCUT2D eigenvalue weighted by molar-refractivity contribution is -0.274. The molecule has 0 saturated heterocycles. The minimum absolute atomic E-state index is 0.0801. The Morgan fingerprint density at radius 1 is 1.02 bits per heavy atom. The molecule has 5 rings (SSSR count). The maximum atomic E-state index is 13.5. The lowest BCUT2D eigenvalue weighted by Crippen LogP contribution is -2.22. The number of pyridine rings is 2. The summed E-state index contributed by atoms with van der Waals surface area (Å²) in [5, 5.41) is 9.48. The van der Waals surface area contributed by atoms with Crippen molar-refractivity contribution in [2.45, 2.75) is 19.7 Å². The van der Waals surface area contributed by atoms with Crippen molar-refractivity contribution in [2.24, 2.45) is 0 Å². The molecule has 5 aromatic rings. The minimum atomic E-state index is -4.82. The first-order chi connectivity index (χ1) is 19.1. The number of ether oxygens (including phenoxy) is 1. The van der Waals surface area contributed by atoms with Gasteiger partial charge in [0.25, 0.3) is 5.56 Å². The van der Waals surface area contributed by atoms with Gasteiger partial charge in [-0.1, -0.05) is 43.3 Å². The number of alkyl halides is 3. The molecular weight excluding hydrogens is 523 g/mol. The van der Waals surface area contributed by atoms with Crippen molar-refractivity contribution in [3.05, 3.63) is 101 Å². The zero-order valence-corrected chi connectivity index (χ0v) is 21.1. The summed E-state index contributed by atoms with van der Waals surface area (Å²) < 4.78 is 43.5. The number of para-hydroxylation sites is 1. The number of nitriles is 1. The number of hydrogen-bond donors (Lipinski definition) is 2. The molecule has 0 bridgehead atoms. The largest absolute Gasteiger partial charge is 0.573 e. The van der Waals surface area contributed by atoms with Crippen LogP contribution in [0.15, 0.2) is 84.0 Å². The lowest BCUT2D eigenvalue weighted by atomic mass is 9.99. The summed E-state index contributed by atoms with van der Waals surface area (Å²) in [6.07, 6.45) is -0.495. The molecule has 0 aliphatic heterocycles. The van der Waals surface area contributed by atoms with Crippen molar-refractivity contribution in [3.63, 3.8) is 0 Å². The van der Waals surface area contributed by atoms with Gasteiger partial charge in [-0.25, -0.2) is 4.98 Å². The Labute approximate surface area is 226 Å². The van der Waals surface area contributed by atoms with Crippen LogP contribution in [-0.4, -0.2) is 25.9 Å². The van der Waals surface area contributed by atoms with Crippen LogP contribution in [0.1, 0.15) is 18.2 Å². The fraction of sp³-hybridized carbons (Fsp3) is 0.107. The molecular formula is C28H22F3N7O2. The number of anilines is 2. The van der Waals surface area contributed by atoms with E-state index in [1.807, 2.05) is 55.5 Å². The monoisotopic (exact) mass is 545 g/mol. The summed E-state index contributed by atoms with van der Waals surface area (Å²) in [6, 6.07) is 19.5. The Hall–Kier alpha value is -5.44. The molecule has 0 atom stereocenters. The average Bonchev–Trinajstić information content (AvgIpc) is 2.92. The molecule has 202 valence electrons. The first-order valence-corrected chi connectivity index (χ1v) is 11.8. The van der Waals surface area contributed by atoms with Crippen molar-refractivity contribution < 1.29 is 17.9 Å². The van der Waals surface area contributed by atoms with Crippen molar-refractivity contribution in [1.29, 1.82) is 5.26 Å². The second kappa shape index (κ2) is 11.5. The van der Waals surface area contributed by atoms with Gasteiger partial charge >= 0.3 is 6.36 Å². The highest BCUT2D eigenvalue weighted by molar-refractivity contribution is 5.96. The van der Waals surface area contributed by atoms with Crippen molar-refractivity contribution >= 4 is 22.5 Å². The summed E-state index contributed by atoms with van der Waals surface area (Å²) in [5.41, 5.74) is 12.9. The summed E-state index contributed by atoms with van der Waals surface area (Å²) in [6.45, 7) is 1.96. The number of aryl methyl sites for hydroxylation is 1. The van der Waals surface area contributed by atoms with E-state index >= 15 is 0 Å². The third kappa shape index (κ3) is 6.16. The van der Waals surface area contributed by atoms with E-state index in [0.717, 1.165) is 17.6 Å². The second-order valence-corrected chi connectivity index (χ2v) is 8.33. The smallest absolute Gasteiger partial charge is 0.404 e. The Kier molecular flexibility index (Phi) is 7.95. The lowest BCUT2D eigenvalue weighted by Gasteiger charge is -2.16. The molecule has 12 heteroatoms. The highest BCUT2D eigenvalue weighted by Gasteiger charge is 2.31. The van der Waals surface area contributed by atoms with Crippen molar-refractivity contribution in [2.75, 3.05) is 11.5 Å². The predicted molar refractivity (Wildman–Crippen MR) is 144 cm³/mol. The molecule has 0 unspecified atom stereocenters. The van der Waals surface area contributed by atoms with Gasteiger partial charge in [0.1, 0.15) is 23.2 Å². The molecule has 0 saturated carbocycles. The molecule has 0 fully saturated rings. The Bertz CT molecular complexity index is 1770. The summed E-state index contributed by atoms with van der Waals surface area (Å²) in [7, 11) is 0. The van der Waals surface area contributed by atoms with Crippen LogP contribution in [0.25, 0.3) is 27.6 Å². The first-order valence-electron chi connectivity index (χ1n) is 11.8. The van der Waals surface area contributed by atoms with E-state index in [9.17, 15) is 18.0 Å². The number of benzene rings is 2. The van der Waals surface area contributed by atoms with Crippen LogP contribution >= 0.6 is 0 Å². The van der Waals surface area contributed by atoms with Gasteiger partial charge in [0.05, 0.1) is 17.8 Å². The fourth-order valence-corrected chi connectivity index (χ4v) is 4.03.